The first-order chi connectivity index (χ1) is 9.93. The maximum Gasteiger partial charge on any atom is 0.320 e. The van der Waals surface area contributed by atoms with E-state index in [4.69, 9.17) is 0 Å². The van der Waals surface area contributed by atoms with Crippen molar-refractivity contribution in [3.05, 3.63) is 0 Å². The van der Waals surface area contributed by atoms with Gasteiger partial charge in [0.2, 0.25) is 0 Å². The number of carbonyl (C=O) groups excluding carboxylic acids is 1. The van der Waals surface area contributed by atoms with E-state index in [2.05, 4.69) is 18.9 Å². The summed E-state index contributed by atoms with van der Waals surface area (Å²) >= 11 is 0. The lowest BCUT2D eigenvalue weighted by Gasteiger charge is -2.33. The van der Waals surface area contributed by atoms with E-state index in [1.807, 2.05) is 11.8 Å². The summed E-state index contributed by atoms with van der Waals surface area (Å²) in [6, 6.07) is 0.247. The first-order valence-electron chi connectivity index (χ1n) is 7.91. The van der Waals surface area contributed by atoms with Gasteiger partial charge in [0.05, 0.1) is 5.92 Å². The van der Waals surface area contributed by atoms with E-state index in [0.717, 1.165) is 32.5 Å². The molecule has 120 valence electrons. The zero-order valence-corrected chi connectivity index (χ0v) is 13.3. The SMILES string of the molecule is CCC1CN(C)CCCN1C(=O)N1CC(C)C(C(=O)O)C1. The van der Waals surface area contributed by atoms with Gasteiger partial charge in [-0.3, -0.25) is 4.79 Å². The Morgan fingerprint density at radius 1 is 1.19 bits per heavy atom. The fourth-order valence-corrected chi connectivity index (χ4v) is 3.47. The second-order valence-electron chi connectivity index (χ2n) is 6.48. The van der Waals surface area contributed by atoms with Gasteiger partial charge in [0.1, 0.15) is 0 Å². The number of carboxylic acid groups (broad SMARTS) is 1. The molecule has 3 atom stereocenters. The molecule has 2 rings (SSSR count). The van der Waals surface area contributed by atoms with Crippen LogP contribution in [0.4, 0.5) is 4.79 Å². The lowest BCUT2D eigenvalue weighted by Crippen LogP contribution is -2.49. The van der Waals surface area contributed by atoms with E-state index in [0.29, 0.717) is 13.1 Å². The van der Waals surface area contributed by atoms with Gasteiger partial charge in [0.15, 0.2) is 0 Å². The molecule has 2 aliphatic rings. The molecule has 0 aliphatic carbocycles. The fraction of sp³-hybridized carbons (Fsp3) is 0.867. The monoisotopic (exact) mass is 297 g/mol. The third-order valence-electron chi connectivity index (χ3n) is 4.82. The zero-order chi connectivity index (χ0) is 15.6. The average Bonchev–Trinajstić information content (AvgIpc) is 2.72. The summed E-state index contributed by atoms with van der Waals surface area (Å²) < 4.78 is 0. The molecule has 0 bridgehead atoms. The molecule has 0 radical (unpaired) electrons. The Hall–Kier alpha value is -1.30. The van der Waals surface area contributed by atoms with Crippen LogP contribution in [0.3, 0.4) is 0 Å². The van der Waals surface area contributed by atoms with Crippen LogP contribution in [-0.2, 0) is 4.79 Å². The topological polar surface area (TPSA) is 64.1 Å². The van der Waals surface area contributed by atoms with Crippen LogP contribution >= 0.6 is 0 Å². The number of carboxylic acids is 1. The minimum absolute atomic E-state index is 0.0211. The summed E-state index contributed by atoms with van der Waals surface area (Å²) in [5.41, 5.74) is 0. The van der Waals surface area contributed by atoms with E-state index in [-0.39, 0.29) is 18.0 Å². The van der Waals surface area contributed by atoms with Gasteiger partial charge in [0.25, 0.3) is 0 Å². The third-order valence-corrected chi connectivity index (χ3v) is 4.82. The number of carbonyl (C=O) groups is 2. The molecule has 0 aromatic rings. The summed E-state index contributed by atoms with van der Waals surface area (Å²) in [7, 11) is 2.09. The summed E-state index contributed by atoms with van der Waals surface area (Å²) in [4.78, 5) is 30.0. The Morgan fingerprint density at radius 2 is 1.90 bits per heavy atom. The van der Waals surface area contributed by atoms with Crippen molar-refractivity contribution in [2.75, 3.05) is 39.8 Å². The maximum absolute atomic E-state index is 12.8. The van der Waals surface area contributed by atoms with Gasteiger partial charge in [0, 0.05) is 32.2 Å². The lowest BCUT2D eigenvalue weighted by molar-refractivity contribution is -0.142. The van der Waals surface area contributed by atoms with Crippen molar-refractivity contribution in [2.45, 2.75) is 32.7 Å². The summed E-state index contributed by atoms with van der Waals surface area (Å²) in [5.74, 6) is -1.19. The highest BCUT2D eigenvalue weighted by Gasteiger charge is 2.39. The van der Waals surface area contributed by atoms with Crippen molar-refractivity contribution in [1.29, 1.82) is 0 Å². The molecule has 0 spiro atoms. The van der Waals surface area contributed by atoms with Crippen LogP contribution < -0.4 is 0 Å². The number of hydrogen-bond donors (Lipinski definition) is 1. The number of urea groups is 1. The number of rotatable bonds is 2. The number of likely N-dealkylation sites (tertiary alicyclic amines) is 1. The Morgan fingerprint density at radius 3 is 2.48 bits per heavy atom. The molecule has 6 heteroatoms. The van der Waals surface area contributed by atoms with Gasteiger partial charge in [-0.15, -0.1) is 0 Å². The number of hydrogen-bond acceptors (Lipinski definition) is 3. The quantitative estimate of drug-likeness (QED) is 0.831. The van der Waals surface area contributed by atoms with Crippen molar-refractivity contribution in [2.24, 2.45) is 11.8 Å². The van der Waals surface area contributed by atoms with Crippen LogP contribution in [0.15, 0.2) is 0 Å². The predicted molar refractivity (Wildman–Crippen MR) is 80.2 cm³/mol. The molecule has 0 aromatic heterocycles. The standard InChI is InChI=1S/C15H27N3O3/c1-4-12-9-16(3)6-5-7-18(12)15(21)17-8-11(2)13(10-17)14(19)20/h11-13H,4-10H2,1-3H3,(H,19,20). The Bertz CT molecular complexity index is 402. The van der Waals surface area contributed by atoms with Crippen molar-refractivity contribution in [3.63, 3.8) is 0 Å². The first kappa shape index (κ1) is 16.1. The molecule has 2 saturated heterocycles. The minimum atomic E-state index is -0.791. The number of aliphatic carboxylic acids is 1. The van der Waals surface area contributed by atoms with Crippen LogP contribution in [0.1, 0.15) is 26.7 Å². The molecule has 3 unspecified atom stereocenters. The van der Waals surface area contributed by atoms with Gasteiger partial charge in [-0.2, -0.15) is 0 Å². The molecular formula is C15H27N3O3. The van der Waals surface area contributed by atoms with E-state index in [1.165, 1.54) is 0 Å². The van der Waals surface area contributed by atoms with Crippen molar-refractivity contribution < 1.29 is 14.7 Å². The smallest absolute Gasteiger partial charge is 0.320 e. The molecule has 0 aromatic carbocycles. The summed E-state index contributed by atoms with van der Waals surface area (Å²) in [5, 5.41) is 9.21. The second kappa shape index (κ2) is 6.64. The molecule has 0 saturated carbocycles. The summed E-state index contributed by atoms with van der Waals surface area (Å²) in [6.45, 7) is 7.60. The van der Waals surface area contributed by atoms with Crippen LogP contribution in [0.5, 0.6) is 0 Å². The number of amides is 2. The number of likely N-dealkylation sites (N-methyl/N-ethyl adjacent to an activating group) is 1. The molecule has 2 fully saturated rings. The zero-order valence-electron chi connectivity index (χ0n) is 13.3. The van der Waals surface area contributed by atoms with E-state index in [1.54, 1.807) is 4.90 Å². The molecule has 2 amide bonds. The molecule has 6 nitrogen and oxygen atoms in total. The molecular weight excluding hydrogens is 270 g/mol. The highest BCUT2D eigenvalue weighted by atomic mass is 16.4. The normalized spacial score (nSPS) is 31.3. The molecule has 21 heavy (non-hydrogen) atoms. The molecule has 2 heterocycles. The van der Waals surface area contributed by atoms with E-state index >= 15 is 0 Å². The Labute approximate surface area is 126 Å². The van der Waals surface area contributed by atoms with Crippen molar-refractivity contribution in [3.8, 4) is 0 Å². The van der Waals surface area contributed by atoms with Crippen LogP contribution in [0.2, 0.25) is 0 Å². The summed E-state index contributed by atoms with van der Waals surface area (Å²) in [6.07, 6.45) is 1.91. The van der Waals surface area contributed by atoms with Gasteiger partial charge in [-0.25, -0.2) is 4.79 Å². The average molecular weight is 297 g/mol. The first-order valence-corrected chi connectivity index (χ1v) is 7.91. The molecule has 2 aliphatic heterocycles. The minimum Gasteiger partial charge on any atom is -0.481 e. The van der Waals surface area contributed by atoms with Crippen LogP contribution in [0, 0.1) is 11.8 Å². The maximum atomic E-state index is 12.8. The van der Waals surface area contributed by atoms with Crippen LogP contribution in [-0.4, -0.2) is 77.6 Å². The largest absolute Gasteiger partial charge is 0.481 e. The predicted octanol–water partition coefficient (Wildman–Crippen LogP) is 1.17. The molecule has 1 N–H and O–H groups in total. The van der Waals surface area contributed by atoms with E-state index < -0.39 is 11.9 Å². The fourth-order valence-electron chi connectivity index (χ4n) is 3.47. The highest BCUT2D eigenvalue weighted by Crippen LogP contribution is 2.25. The highest BCUT2D eigenvalue weighted by molar-refractivity contribution is 5.78. The van der Waals surface area contributed by atoms with Gasteiger partial charge in [-0.1, -0.05) is 13.8 Å². The second-order valence-corrected chi connectivity index (χ2v) is 6.48. The van der Waals surface area contributed by atoms with E-state index in [9.17, 15) is 14.7 Å². The Balaban J connectivity index is 2.06. The van der Waals surface area contributed by atoms with Crippen molar-refractivity contribution >= 4 is 12.0 Å². The van der Waals surface area contributed by atoms with Gasteiger partial charge < -0.3 is 19.8 Å². The number of nitrogens with zero attached hydrogens (tertiary/aromatic N) is 3. The Kier molecular flexibility index (Phi) is 5.08. The van der Waals surface area contributed by atoms with Crippen molar-refractivity contribution in [1.82, 2.24) is 14.7 Å². The van der Waals surface area contributed by atoms with Crippen LogP contribution in [0.25, 0.3) is 0 Å². The van der Waals surface area contributed by atoms with Gasteiger partial charge >= 0.3 is 12.0 Å². The lowest BCUT2D eigenvalue weighted by atomic mass is 9.99. The van der Waals surface area contributed by atoms with Gasteiger partial charge in [-0.05, 0) is 32.4 Å². The third kappa shape index (κ3) is 3.48.